The Hall–Kier alpha value is -3.40. The molecule has 0 spiro atoms. The second-order valence-corrected chi connectivity index (χ2v) is 8.30. The standard InChI is InChI=1S/C28H29NO3/c1-32-24-17-15-22(16-18-24)27(30)20-26(21-10-4-2-5-11-21)25-14-8-9-19-29(28(25)31)23-12-6-3-7-13-23/h2-7,10-13,15-18,25-26H,8-9,14,19-20H2,1H3/t25-,26+/m0/s1. The van der Waals surface area contributed by atoms with Crippen molar-refractivity contribution in [2.75, 3.05) is 18.6 Å². The van der Waals surface area contributed by atoms with Crippen molar-refractivity contribution in [2.24, 2.45) is 5.92 Å². The van der Waals surface area contributed by atoms with Crippen LogP contribution in [-0.4, -0.2) is 25.3 Å². The average Bonchev–Trinajstić information content (AvgIpc) is 3.05. The minimum atomic E-state index is -0.234. The van der Waals surface area contributed by atoms with E-state index >= 15 is 0 Å². The van der Waals surface area contributed by atoms with Gasteiger partial charge in [-0.2, -0.15) is 0 Å². The van der Waals surface area contributed by atoms with E-state index in [9.17, 15) is 9.59 Å². The number of benzene rings is 3. The van der Waals surface area contributed by atoms with Gasteiger partial charge < -0.3 is 9.64 Å². The van der Waals surface area contributed by atoms with Crippen molar-refractivity contribution in [3.8, 4) is 5.75 Å². The van der Waals surface area contributed by atoms with Gasteiger partial charge in [0.1, 0.15) is 5.75 Å². The topological polar surface area (TPSA) is 46.6 Å². The first kappa shape index (κ1) is 21.8. The van der Waals surface area contributed by atoms with Gasteiger partial charge in [0.25, 0.3) is 0 Å². The molecule has 32 heavy (non-hydrogen) atoms. The molecule has 0 N–H and O–H groups in total. The van der Waals surface area contributed by atoms with E-state index in [1.54, 1.807) is 31.4 Å². The van der Waals surface area contributed by atoms with Gasteiger partial charge in [0, 0.05) is 36.1 Å². The number of anilines is 1. The molecule has 0 radical (unpaired) electrons. The third kappa shape index (κ3) is 4.91. The smallest absolute Gasteiger partial charge is 0.230 e. The Kier molecular flexibility index (Phi) is 7.00. The van der Waals surface area contributed by atoms with Crippen molar-refractivity contribution in [3.05, 3.63) is 96.1 Å². The Morgan fingerprint density at radius 1 is 0.938 bits per heavy atom. The molecular formula is C28H29NO3. The molecule has 0 bridgehead atoms. The monoisotopic (exact) mass is 427 g/mol. The molecule has 1 aliphatic rings. The molecule has 1 amide bonds. The van der Waals surface area contributed by atoms with E-state index in [4.69, 9.17) is 4.74 Å². The first-order chi connectivity index (χ1) is 15.7. The largest absolute Gasteiger partial charge is 0.497 e. The lowest BCUT2D eigenvalue weighted by atomic mass is 9.78. The van der Waals surface area contributed by atoms with E-state index in [2.05, 4.69) is 0 Å². The lowest BCUT2D eigenvalue weighted by Crippen LogP contribution is -2.38. The minimum absolute atomic E-state index is 0.0461. The Morgan fingerprint density at radius 3 is 2.25 bits per heavy atom. The molecular weight excluding hydrogens is 398 g/mol. The third-order valence-corrected chi connectivity index (χ3v) is 6.33. The van der Waals surface area contributed by atoms with Gasteiger partial charge in [-0.1, -0.05) is 55.0 Å². The Morgan fingerprint density at radius 2 is 1.59 bits per heavy atom. The Labute approximate surface area is 189 Å². The molecule has 1 saturated heterocycles. The zero-order chi connectivity index (χ0) is 22.3. The zero-order valence-electron chi connectivity index (χ0n) is 18.4. The molecule has 3 aromatic carbocycles. The van der Waals surface area contributed by atoms with Crippen molar-refractivity contribution >= 4 is 17.4 Å². The predicted octanol–water partition coefficient (Wildman–Crippen LogP) is 5.89. The van der Waals surface area contributed by atoms with Crippen LogP contribution in [0.15, 0.2) is 84.9 Å². The molecule has 164 valence electrons. The maximum atomic E-state index is 13.8. The van der Waals surface area contributed by atoms with Gasteiger partial charge in [-0.3, -0.25) is 9.59 Å². The maximum absolute atomic E-state index is 13.8. The van der Waals surface area contributed by atoms with Crippen LogP contribution in [0.3, 0.4) is 0 Å². The number of para-hydroxylation sites is 1. The third-order valence-electron chi connectivity index (χ3n) is 6.33. The summed E-state index contributed by atoms with van der Waals surface area (Å²) in [6, 6.07) is 27.1. The molecule has 1 fully saturated rings. The number of ether oxygens (including phenoxy) is 1. The molecule has 4 rings (SSSR count). The van der Waals surface area contributed by atoms with Crippen LogP contribution in [-0.2, 0) is 4.79 Å². The first-order valence-corrected chi connectivity index (χ1v) is 11.3. The first-order valence-electron chi connectivity index (χ1n) is 11.3. The summed E-state index contributed by atoms with van der Waals surface area (Å²) in [5, 5.41) is 0. The van der Waals surface area contributed by atoms with Crippen molar-refractivity contribution in [3.63, 3.8) is 0 Å². The number of nitrogens with zero attached hydrogens (tertiary/aromatic N) is 1. The lowest BCUT2D eigenvalue weighted by Gasteiger charge is -2.30. The molecule has 0 unspecified atom stereocenters. The van der Waals surface area contributed by atoms with E-state index in [1.807, 2.05) is 65.6 Å². The molecule has 0 saturated carbocycles. The predicted molar refractivity (Wildman–Crippen MR) is 127 cm³/mol. The summed E-state index contributed by atoms with van der Waals surface area (Å²) < 4.78 is 5.21. The van der Waals surface area contributed by atoms with Crippen LogP contribution in [0.1, 0.15) is 47.5 Å². The highest BCUT2D eigenvalue weighted by molar-refractivity contribution is 5.99. The van der Waals surface area contributed by atoms with Gasteiger partial charge >= 0.3 is 0 Å². The number of Topliss-reactive ketones (excluding diaryl/α,β-unsaturated/α-hetero) is 1. The molecule has 3 aromatic rings. The maximum Gasteiger partial charge on any atom is 0.230 e. The van der Waals surface area contributed by atoms with E-state index < -0.39 is 0 Å². The van der Waals surface area contributed by atoms with Crippen molar-refractivity contribution < 1.29 is 14.3 Å². The number of hydrogen-bond donors (Lipinski definition) is 0. The number of rotatable bonds is 7. The van der Waals surface area contributed by atoms with Crippen LogP contribution < -0.4 is 9.64 Å². The molecule has 4 nitrogen and oxygen atoms in total. The molecule has 4 heteroatoms. The van der Waals surface area contributed by atoms with Gasteiger partial charge in [0.15, 0.2) is 5.78 Å². The van der Waals surface area contributed by atoms with E-state index in [-0.39, 0.29) is 23.5 Å². The number of carbonyl (C=O) groups is 2. The molecule has 2 atom stereocenters. The Bertz CT molecular complexity index is 1030. The minimum Gasteiger partial charge on any atom is -0.497 e. The fourth-order valence-corrected chi connectivity index (χ4v) is 4.59. The van der Waals surface area contributed by atoms with Gasteiger partial charge in [-0.05, 0) is 54.8 Å². The number of methoxy groups -OCH3 is 1. The molecule has 0 aromatic heterocycles. The number of hydrogen-bond acceptors (Lipinski definition) is 3. The van der Waals surface area contributed by atoms with Gasteiger partial charge in [0.05, 0.1) is 7.11 Å². The summed E-state index contributed by atoms with van der Waals surface area (Å²) in [5.74, 6) is 0.485. The van der Waals surface area contributed by atoms with Gasteiger partial charge in [-0.25, -0.2) is 0 Å². The molecule has 1 heterocycles. The van der Waals surface area contributed by atoms with Crippen LogP contribution in [0.25, 0.3) is 0 Å². The summed E-state index contributed by atoms with van der Waals surface area (Å²) in [4.78, 5) is 28.9. The van der Waals surface area contributed by atoms with E-state index in [0.29, 0.717) is 18.5 Å². The SMILES string of the molecule is COc1ccc(C(=O)C[C@H](c2ccccc2)[C@@H]2CCCCN(c3ccccc3)C2=O)cc1. The van der Waals surface area contributed by atoms with E-state index in [1.165, 1.54) is 0 Å². The summed E-state index contributed by atoms with van der Waals surface area (Å²) in [6.45, 7) is 0.716. The highest BCUT2D eigenvalue weighted by Gasteiger charge is 2.36. The summed E-state index contributed by atoms with van der Waals surface area (Å²) in [7, 11) is 1.61. The number of ketones is 1. The fourth-order valence-electron chi connectivity index (χ4n) is 4.59. The zero-order valence-corrected chi connectivity index (χ0v) is 18.4. The van der Waals surface area contributed by atoms with Crippen molar-refractivity contribution in [1.82, 2.24) is 0 Å². The van der Waals surface area contributed by atoms with Crippen LogP contribution >= 0.6 is 0 Å². The normalized spacial score (nSPS) is 17.5. The van der Waals surface area contributed by atoms with Crippen LogP contribution in [0.4, 0.5) is 5.69 Å². The second-order valence-electron chi connectivity index (χ2n) is 8.30. The number of carbonyl (C=O) groups excluding carboxylic acids is 2. The van der Waals surface area contributed by atoms with Crippen LogP contribution in [0.2, 0.25) is 0 Å². The van der Waals surface area contributed by atoms with Gasteiger partial charge in [0.2, 0.25) is 5.91 Å². The van der Waals surface area contributed by atoms with Gasteiger partial charge in [-0.15, -0.1) is 0 Å². The summed E-state index contributed by atoms with van der Waals surface area (Å²) in [6.07, 6.45) is 3.03. The average molecular weight is 428 g/mol. The van der Waals surface area contributed by atoms with Crippen molar-refractivity contribution in [1.29, 1.82) is 0 Å². The second kappa shape index (κ2) is 10.3. The lowest BCUT2D eigenvalue weighted by molar-refractivity contribution is -0.122. The molecule has 1 aliphatic heterocycles. The highest BCUT2D eigenvalue weighted by Crippen LogP contribution is 2.37. The van der Waals surface area contributed by atoms with Crippen LogP contribution in [0.5, 0.6) is 5.75 Å². The summed E-state index contributed by atoms with van der Waals surface area (Å²) in [5.41, 5.74) is 2.62. The number of amides is 1. The molecule has 0 aliphatic carbocycles. The Balaban J connectivity index is 1.64. The fraction of sp³-hybridized carbons (Fsp3) is 0.286. The summed E-state index contributed by atoms with van der Waals surface area (Å²) >= 11 is 0. The highest BCUT2D eigenvalue weighted by atomic mass is 16.5. The van der Waals surface area contributed by atoms with E-state index in [0.717, 1.165) is 36.3 Å². The quantitative estimate of drug-likeness (QED) is 0.442. The van der Waals surface area contributed by atoms with Crippen LogP contribution in [0, 0.1) is 5.92 Å². The van der Waals surface area contributed by atoms with Crippen molar-refractivity contribution in [2.45, 2.75) is 31.6 Å².